The molecule has 0 heterocycles. The van der Waals surface area contributed by atoms with Crippen LogP contribution in [0, 0.1) is 34.5 Å². The zero-order valence-electron chi connectivity index (χ0n) is 18.4. The molecule has 1 amide bonds. The number of esters is 1. The molecule has 0 aliphatic heterocycles. The lowest BCUT2D eigenvalue weighted by molar-refractivity contribution is -0.148. The van der Waals surface area contributed by atoms with Crippen LogP contribution in [0.25, 0.3) is 0 Å². The highest BCUT2D eigenvalue weighted by Gasteiger charge is 2.60. The summed E-state index contributed by atoms with van der Waals surface area (Å²) in [7, 11) is 0. The molecule has 0 bridgehead atoms. The van der Waals surface area contributed by atoms with Crippen molar-refractivity contribution in [1.29, 1.82) is 0 Å². The fourth-order valence-electron chi connectivity index (χ4n) is 7.59. The van der Waals surface area contributed by atoms with Crippen LogP contribution in [0.2, 0.25) is 0 Å². The predicted molar refractivity (Wildman–Crippen MR) is 111 cm³/mol. The number of rotatable bonds is 3. The lowest BCUT2D eigenvalue weighted by Gasteiger charge is -2.57. The fourth-order valence-corrected chi connectivity index (χ4v) is 7.59. The summed E-state index contributed by atoms with van der Waals surface area (Å²) < 4.78 is 5.53. The van der Waals surface area contributed by atoms with Gasteiger partial charge in [-0.2, -0.15) is 0 Å². The van der Waals surface area contributed by atoms with Gasteiger partial charge in [-0.05, 0) is 67.1 Å². The molecule has 4 rings (SSSR count). The van der Waals surface area contributed by atoms with Gasteiger partial charge in [-0.3, -0.25) is 9.59 Å². The summed E-state index contributed by atoms with van der Waals surface area (Å²) in [5.74, 6) is 1.72. The quantitative estimate of drug-likeness (QED) is 0.558. The summed E-state index contributed by atoms with van der Waals surface area (Å²) in [5.41, 5.74) is 1.65. The number of hydrogen-bond acceptors (Lipinski definition) is 4. The van der Waals surface area contributed by atoms with Crippen molar-refractivity contribution >= 4 is 11.9 Å². The van der Waals surface area contributed by atoms with Crippen LogP contribution in [-0.4, -0.2) is 35.7 Å². The molecule has 4 aliphatic carbocycles. The Morgan fingerprint density at radius 3 is 2.66 bits per heavy atom. The second-order valence-electron chi connectivity index (χ2n) is 10.7. The molecule has 0 saturated heterocycles. The Morgan fingerprint density at radius 1 is 1.21 bits per heavy atom. The molecular weight excluding hydrogens is 366 g/mol. The second-order valence-corrected chi connectivity index (χ2v) is 10.7. The van der Waals surface area contributed by atoms with E-state index in [-0.39, 0.29) is 40.8 Å². The number of nitrogens with one attached hydrogen (secondary N) is 1. The highest BCUT2D eigenvalue weighted by atomic mass is 16.5. The molecule has 5 nitrogen and oxygen atoms in total. The zero-order chi connectivity index (χ0) is 21.0. The number of ether oxygens (including phenoxy) is 1. The van der Waals surface area contributed by atoms with Gasteiger partial charge in [-0.15, -0.1) is 0 Å². The number of allylic oxidation sites excluding steroid dienone is 1. The van der Waals surface area contributed by atoms with Crippen LogP contribution in [0.4, 0.5) is 0 Å². The summed E-state index contributed by atoms with van der Waals surface area (Å²) in [6, 6.07) is 0. The van der Waals surface area contributed by atoms with Crippen LogP contribution in [0.1, 0.15) is 72.6 Å². The summed E-state index contributed by atoms with van der Waals surface area (Å²) >= 11 is 0. The summed E-state index contributed by atoms with van der Waals surface area (Å²) in [4.78, 5) is 22.8. The van der Waals surface area contributed by atoms with Crippen molar-refractivity contribution in [2.24, 2.45) is 34.5 Å². The van der Waals surface area contributed by atoms with Gasteiger partial charge in [0, 0.05) is 32.7 Å². The number of aliphatic hydroxyl groups excluding tert-OH is 1. The molecular formula is C24H37NO4. The SMILES string of the molecule is CC(=O)NC[C@H]1C[C@H]2[C@@H]3CC=C4C[C@@H](OC(C)=O)CC[C@]4(C)[C@H]3CC[C@]2(C)[C@H]1O. The number of carbonyl (C=O) groups excluding carboxylic acids is 2. The topological polar surface area (TPSA) is 75.6 Å². The van der Waals surface area contributed by atoms with Crippen LogP contribution in [0.15, 0.2) is 11.6 Å². The molecule has 0 aromatic heterocycles. The fraction of sp³-hybridized carbons (Fsp3) is 0.833. The van der Waals surface area contributed by atoms with Crippen molar-refractivity contribution in [3.8, 4) is 0 Å². The van der Waals surface area contributed by atoms with Gasteiger partial charge in [-0.1, -0.05) is 25.5 Å². The monoisotopic (exact) mass is 403 g/mol. The minimum atomic E-state index is -0.335. The third kappa shape index (κ3) is 3.43. The molecule has 2 N–H and O–H groups in total. The second kappa shape index (κ2) is 7.40. The van der Waals surface area contributed by atoms with Crippen LogP contribution in [0.5, 0.6) is 0 Å². The molecule has 0 aromatic carbocycles. The molecule has 29 heavy (non-hydrogen) atoms. The van der Waals surface area contributed by atoms with Gasteiger partial charge in [0.15, 0.2) is 0 Å². The van der Waals surface area contributed by atoms with Crippen molar-refractivity contribution in [2.45, 2.75) is 84.8 Å². The smallest absolute Gasteiger partial charge is 0.302 e. The zero-order valence-corrected chi connectivity index (χ0v) is 18.4. The number of carbonyl (C=O) groups is 2. The van der Waals surface area contributed by atoms with Gasteiger partial charge >= 0.3 is 5.97 Å². The number of fused-ring (bicyclic) bond motifs is 5. The first kappa shape index (κ1) is 20.9. The average Bonchev–Trinajstić information content (AvgIpc) is 2.91. The van der Waals surface area contributed by atoms with Crippen molar-refractivity contribution < 1.29 is 19.4 Å². The highest BCUT2D eigenvalue weighted by Crippen LogP contribution is 2.65. The summed E-state index contributed by atoms with van der Waals surface area (Å²) in [6.45, 7) is 8.35. The third-order valence-electron chi connectivity index (χ3n) is 9.12. The molecule has 4 aliphatic rings. The number of hydrogen-bond donors (Lipinski definition) is 2. The van der Waals surface area contributed by atoms with Crippen molar-refractivity contribution in [1.82, 2.24) is 5.32 Å². The Balaban J connectivity index is 1.54. The molecule has 162 valence electrons. The molecule has 0 radical (unpaired) electrons. The van der Waals surface area contributed by atoms with E-state index >= 15 is 0 Å². The molecule has 3 fully saturated rings. The molecule has 3 saturated carbocycles. The maximum atomic E-state index is 11.4. The van der Waals surface area contributed by atoms with Gasteiger partial charge in [0.1, 0.15) is 6.10 Å². The van der Waals surface area contributed by atoms with E-state index in [4.69, 9.17) is 4.74 Å². The predicted octanol–water partition coefficient (Wildman–Crippen LogP) is 3.60. The van der Waals surface area contributed by atoms with E-state index in [0.29, 0.717) is 24.3 Å². The van der Waals surface area contributed by atoms with E-state index in [9.17, 15) is 14.7 Å². The highest BCUT2D eigenvalue weighted by molar-refractivity contribution is 5.72. The molecule has 5 heteroatoms. The van der Waals surface area contributed by atoms with E-state index in [1.807, 2.05) is 0 Å². The van der Waals surface area contributed by atoms with E-state index < -0.39 is 0 Å². The first-order valence-corrected chi connectivity index (χ1v) is 11.4. The first-order valence-electron chi connectivity index (χ1n) is 11.4. The molecule has 0 unspecified atom stereocenters. The molecule has 0 aromatic rings. The average molecular weight is 404 g/mol. The summed E-state index contributed by atoms with van der Waals surface area (Å²) in [6.07, 6.45) is 9.36. The van der Waals surface area contributed by atoms with E-state index in [1.54, 1.807) is 6.92 Å². The first-order chi connectivity index (χ1) is 13.6. The van der Waals surface area contributed by atoms with Crippen LogP contribution in [-0.2, 0) is 14.3 Å². The molecule has 8 atom stereocenters. The Labute approximate surface area is 174 Å². The van der Waals surface area contributed by atoms with E-state index in [1.165, 1.54) is 12.5 Å². The minimum absolute atomic E-state index is 0.0163. The van der Waals surface area contributed by atoms with Gasteiger partial charge in [-0.25, -0.2) is 0 Å². The lowest BCUT2D eigenvalue weighted by atomic mass is 9.48. The van der Waals surface area contributed by atoms with Gasteiger partial charge in [0.05, 0.1) is 6.10 Å². The van der Waals surface area contributed by atoms with Gasteiger partial charge in [0.25, 0.3) is 0 Å². The van der Waals surface area contributed by atoms with Gasteiger partial charge < -0.3 is 15.2 Å². The minimum Gasteiger partial charge on any atom is -0.462 e. The van der Waals surface area contributed by atoms with E-state index in [0.717, 1.165) is 44.9 Å². The van der Waals surface area contributed by atoms with Crippen LogP contribution < -0.4 is 5.32 Å². The van der Waals surface area contributed by atoms with Gasteiger partial charge in [0.2, 0.25) is 5.91 Å². The Hall–Kier alpha value is -1.36. The Bertz CT molecular complexity index is 718. The lowest BCUT2D eigenvalue weighted by Crippen LogP contribution is -2.51. The largest absolute Gasteiger partial charge is 0.462 e. The summed E-state index contributed by atoms with van der Waals surface area (Å²) in [5, 5.41) is 14.1. The maximum Gasteiger partial charge on any atom is 0.302 e. The van der Waals surface area contributed by atoms with Crippen LogP contribution in [0.3, 0.4) is 0 Å². The number of amides is 1. The van der Waals surface area contributed by atoms with Crippen molar-refractivity contribution in [3.05, 3.63) is 11.6 Å². The normalized spacial score (nSPS) is 46.0. The number of aliphatic hydroxyl groups is 1. The van der Waals surface area contributed by atoms with E-state index in [2.05, 4.69) is 25.2 Å². The van der Waals surface area contributed by atoms with Crippen molar-refractivity contribution in [3.63, 3.8) is 0 Å². The molecule has 0 spiro atoms. The Kier molecular flexibility index (Phi) is 5.33. The standard InChI is InChI=1S/C24H37NO4/c1-14(26)25-13-16-11-21-19-6-5-17-12-18(29-15(2)27)7-9-23(17,3)20(19)8-10-24(21,4)22(16)28/h5,16,18-22,28H,6-13H2,1-4H3,(H,25,26)/t16-,18+,19-,20+,21+,22+,23+,24+/m1/s1. The third-order valence-corrected chi connectivity index (χ3v) is 9.12. The Morgan fingerprint density at radius 2 is 1.97 bits per heavy atom. The van der Waals surface area contributed by atoms with Crippen LogP contribution >= 0.6 is 0 Å². The maximum absolute atomic E-state index is 11.4. The van der Waals surface area contributed by atoms with Crippen molar-refractivity contribution in [2.75, 3.05) is 6.54 Å².